The number of hydrogen-bond acceptors (Lipinski definition) is 22. The van der Waals surface area contributed by atoms with Gasteiger partial charge in [-0.3, -0.25) is 27.9 Å². The van der Waals surface area contributed by atoms with Crippen molar-refractivity contribution in [3.8, 4) is 39.7 Å². The maximum atomic E-state index is 11.9. The summed E-state index contributed by atoms with van der Waals surface area (Å²) in [5, 5.41) is 21.9. The number of halogens is 5. The largest absolute Gasteiger partial charge is 0.494 e. The van der Waals surface area contributed by atoms with Gasteiger partial charge in [-0.05, 0) is 98.9 Å². The highest BCUT2D eigenvalue weighted by molar-refractivity contribution is 9.10. The fourth-order valence-electron chi connectivity index (χ4n) is 11.5. The standard InChI is InChI=1S/C30H41BClN3O7Si.C27H27ClN4O5S.C8H11BrN2OS.C6H5Br2N/c1-29(2)30(3,4)42-31(41-29)19-10-8-18(9-11-19)24-20(32)14-21-27(34-24)35(17-37-12-13-43(5,6)7)28(33-21)40-23-16-39-25-22(36)15-38-26(23)25;1-38(2,34)30-12-18-9-17(7-8-29-18)15-3-5-16(6-4-15)25-19(28)10-20-21(32-25)11-24(31-20)37-23-14-36-26-22(33)13-35-27(23)26;1-13(2,12)11-6-8-5-7(9)3-4-10-8;7-4-6-3-5(8)1-2-9-6/h8-11,14,22-23,25-26,36H,12-13,15-17H2,1-7H3;3-10,22-23,26-27,33H,11-14H2,1-2H3;3-5H,6H2,1-2H3;1-3H,4H2/t22-,23-,25-,26-;22-,23-,26-,27-;;/m11../s1. The van der Waals surface area contributed by atoms with Crippen molar-refractivity contribution in [3.63, 3.8) is 0 Å². The van der Waals surface area contributed by atoms with E-state index < -0.39 is 70.3 Å². The van der Waals surface area contributed by atoms with Crippen LogP contribution in [0.5, 0.6) is 6.01 Å². The summed E-state index contributed by atoms with van der Waals surface area (Å²) >= 11 is 23.4. The Hall–Kier alpha value is -5.23. The molecule has 23 nitrogen and oxygen atoms in total. The SMILES string of the molecule is BrCc1cc(Br)ccn1.CC1(C)OB(c2ccc(-c3nc4c(cc3Cl)nc(O[C@@H]3CO[C@H]5[C@@H]3OC[C@H]5O)n4COCC[Si](C)(C)C)cc2)OC1(C)C.CS(C)(=O)=NCc1cc(-c2ccc(-c3nc4c(cc3Cl)N=C(O[C@@H]3CO[C@H]5[C@@H]3OC[C@H]5O)C4)cc2)ccn1.CS(C)(=O)=NCc1cc(Br)ccn1. The number of imidazole rings is 1. The van der Waals surface area contributed by atoms with Crippen molar-refractivity contribution in [1.82, 2.24) is 34.5 Å². The van der Waals surface area contributed by atoms with Gasteiger partial charge in [0.25, 0.3) is 0 Å². The van der Waals surface area contributed by atoms with Gasteiger partial charge < -0.3 is 52.7 Å². The third kappa shape index (κ3) is 20.5. The summed E-state index contributed by atoms with van der Waals surface area (Å²) in [5.41, 5.74) is 10.4. The number of aliphatic imine (C=N–C) groups is 1. The number of fused-ring (bicyclic) bond motifs is 4. The van der Waals surface area contributed by atoms with Crippen molar-refractivity contribution in [2.24, 2.45) is 13.7 Å². The fourth-order valence-corrected chi connectivity index (χ4v) is 14.7. The lowest BCUT2D eigenvalue weighted by Gasteiger charge is -2.32. The lowest BCUT2D eigenvalue weighted by atomic mass is 9.79. The number of hydrogen-bond donors (Lipinski definition) is 2. The second-order valence-electron chi connectivity index (χ2n) is 28.3. The van der Waals surface area contributed by atoms with Crippen LogP contribution in [0.2, 0.25) is 35.7 Å². The van der Waals surface area contributed by atoms with Gasteiger partial charge in [-0.25, -0.2) is 23.7 Å². The van der Waals surface area contributed by atoms with Crippen LogP contribution >= 0.6 is 71.0 Å². The number of aliphatic hydroxyl groups excluding tert-OH is 2. The summed E-state index contributed by atoms with van der Waals surface area (Å²) in [6, 6.07) is 32.4. The van der Waals surface area contributed by atoms with Crippen LogP contribution < -0.4 is 10.2 Å². The van der Waals surface area contributed by atoms with Crippen LogP contribution in [0.1, 0.15) is 50.5 Å². The maximum Gasteiger partial charge on any atom is 0.494 e. The smallest absolute Gasteiger partial charge is 0.472 e. The second-order valence-corrected chi connectivity index (χ2v) is 42.3. The summed E-state index contributed by atoms with van der Waals surface area (Å²) in [5.74, 6) is 0.539. The summed E-state index contributed by atoms with van der Waals surface area (Å²) in [7, 11) is -5.93. The molecule has 8 aromatic rings. The van der Waals surface area contributed by atoms with Gasteiger partial charge in [0.15, 0.2) is 23.8 Å². The van der Waals surface area contributed by atoms with Crippen LogP contribution in [-0.2, 0) is 88.8 Å². The van der Waals surface area contributed by atoms with E-state index in [2.05, 4.69) is 96.1 Å². The van der Waals surface area contributed by atoms with Crippen molar-refractivity contribution in [1.29, 1.82) is 0 Å². The molecule has 6 aliphatic rings. The lowest BCUT2D eigenvalue weighted by Crippen LogP contribution is -2.41. The van der Waals surface area contributed by atoms with E-state index in [1.165, 1.54) is 0 Å². The molecule has 6 aromatic heterocycles. The number of rotatable bonds is 17. The Morgan fingerprint density at radius 3 is 1.69 bits per heavy atom. The highest BCUT2D eigenvalue weighted by Crippen LogP contribution is 2.40. The minimum Gasteiger partial charge on any atom is -0.472 e. The Morgan fingerprint density at radius 2 is 1.14 bits per heavy atom. The monoisotopic (exact) mass is 1690 g/mol. The predicted octanol–water partition coefficient (Wildman–Crippen LogP) is 12.9. The van der Waals surface area contributed by atoms with Crippen molar-refractivity contribution in [2.45, 2.75) is 145 Å². The van der Waals surface area contributed by atoms with Gasteiger partial charge in [-0.2, -0.15) is 4.98 Å². The predicted molar refractivity (Wildman–Crippen MR) is 416 cm³/mol. The molecule has 0 spiro atoms. The molecule has 32 heteroatoms. The molecule has 12 heterocycles. The van der Waals surface area contributed by atoms with Crippen LogP contribution in [0.15, 0.2) is 138 Å². The zero-order chi connectivity index (χ0) is 73.8. The molecule has 0 aliphatic carbocycles. The van der Waals surface area contributed by atoms with E-state index in [9.17, 15) is 18.6 Å². The Kier molecular flexibility index (Phi) is 25.6. The highest BCUT2D eigenvalue weighted by Gasteiger charge is 2.53. The fraction of sp³-hybridized carbons (Fsp3) is 0.451. The van der Waals surface area contributed by atoms with E-state index in [1.807, 2.05) is 123 Å². The van der Waals surface area contributed by atoms with E-state index in [0.717, 1.165) is 70.8 Å². The molecule has 14 rings (SSSR count). The number of alkyl halides is 1. The molecule has 6 aliphatic heterocycles. The highest BCUT2D eigenvalue weighted by atomic mass is 79.9. The van der Waals surface area contributed by atoms with Crippen molar-refractivity contribution in [3.05, 3.63) is 157 Å². The molecule has 0 unspecified atom stereocenters. The molecular formula is C71H84BBr3Cl2N10O13S2Si. The molecule has 0 radical (unpaired) electrons. The first-order valence-corrected chi connectivity index (χ1v) is 45.2. The number of nitrogens with zero attached hydrogens (tertiary/aromatic N) is 10. The van der Waals surface area contributed by atoms with Crippen LogP contribution in [0.3, 0.4) is 0 Å². The Balaban J connectivity index is 0.000000160. The molecule has 0 saturated carbocycles. The number of pyridine rings is 5. The van der Waals surface area contributed by atoms with Crippen molar-refractivity contribution < 1.29 is 61.1 Å². The van der Waals surface area contributed by atoms with Crippen LogP contribution in [0, 0.1) is 0 Å². The first-order chi connectivity index (χ1) is 48.8. The Labute approximate surface area is 638 Å². The molecule has 2 N–H and O–H groups in total. The number of ether oxygens (including phenoxy) is 7. The van der Waals surface area contributed by atoms with Gasteiger partial charge in [0, 0.05) is 103 Å². The zero-order valence-corrected chi connectivity index (χ0v) is 67.9. The van der Waals surface area contributed by atoms with Gasteiger partial charge in [0.05, 0.1) is 107 Å². The van der Waals surface area contributed by atoms with Gasteiger partial charge in [-0.15, -0.1) is 0 Å². The number of aromatic nitrogens is 7. The van der Waals surface area contributed by atoms with Crippen LogP contribution in [-0.4, -0.2) is 192 Å². The number of aliphatic hydroxyl groups is 2. The summed E-state index contributed by atoms with van der Waals surface area (Å²) < 4.78 is 89.1. The molecule has 0 bridgehead atoms. The van der Waals surface area contributed by atoms with E-state index in [4.69, 9.17) is 80.6 Å². The van der Waals surface area contributed by atoms with Crippen LogP contribution in [0.4, 0.5) is 5.69 Å². The second kappa shape index (κ2) is 33.5. The minimum absolute atomic E-state index is 0.219. The third-order valence-corrected chi connectivity index (χ3v) is 23.1. The molecule has 550 valence electrons. The summed E-state index contributed by atoms with van der Waals surface area (Å²) in [4.78, 5) is 31.6. The topological polar surface area (TPSA) is 277 Å². The van der Waals surface area contributed by atoms with E-state index in [1.54, 1.807) is 49.7 Å². The molecule has 8 atom stereocenters. The van der Waals surface area contributed by atoms with Gasteiger partial charge in [0.1, 0.15) is 48.9 Å². The van der Waals surface area contributed by atoms with E-state index >= 15 is 0 Å². The van der Waals surface area contributed by atoms with E-state index in [0.29, 0.717) is 89.5 Å². The summed E-state index contributed by atoms with van der Waals surface area (Å²) in [6.07, 6.45) is 8.66. The van der Waals surface area contributed by atoms with Gasteiger partial charge in [0.2, 0.25) is 0 Å². The van der Waals surface area contributed by atoms with E-state index in [-0.39, 0.29) is 44.4 Å². The minimum atomic E-state index is -2.18. The molecule has 0 amide bonds. The molecule has 103 heavy (non-hydrogen) atoms. The summed E-state index contributed by atoms with van der Waals surface area (Å²) in [6.45, 7) is 17.8. The van der Waals surface area contributed by atoms with Gasteiger partial charge >= 0.3 is 13.1 Å². The average Bonchev–Trinajstić information content (AvgIpc) is 1.64. The van der Waals surface area contributed by atoms with Gasteiger partial charge in [-0.1, -0.05) is 139 Å². The third-order valence-electron chi connectivity index (χ3n) is 17.7. The first kappa shape index (κ1) is 78.8. The molecule has 5 saturated heterocycles. The van der Waals surface area contributed by atoms with Crippen LogP contribution in [0.25, 0.3) is 44.8 Å². The zero-order valence-electron chi connectivity index (χ0n) is 59.0. The normalized spacial score (nSPS) is 22.2. The van der Waals surface area contributed by atoms with Crippen molar-refractivity contribution in [2.75, 3.05) is 58.1 Å². The molecule has 5 fully saturated rings. The number of benzene rings is 2. The van der Waals surface area contributed by atoms with Crippen molar-refractivity contribution >= 4 is 134 Å². The molecular weight excluding hydrogens is 1610 g/mol. The quantitative estimate of drug-likeness (QED) is 0.0487. The first-order valence-electron chi connectivity index (χ1n) is 33.4. The lowest BCUT2D eigenvalue weighted by molar-refractivity contribution is 0.00336. The Morgan fingerprint density at radius 1 is 0.631 bits per heavy atom. The molecule has 2 aromatic carbocycles. The Bertz CT molecular complexity index is 4620. The maximum absolute atomic E-state index is 11.9. The average molecular weight is 1700 g/mol.